The van der Waals surface area contributed by atoms with Crippen molar-refractivity contribution in [3.05, 3.63) is 53.6 Å². The van der Waals surface area contributed by atoms with Crippen LogP contribution in [-0.2, 0) is 19.1 Å². The molecule has 0 saturated heterocycles. The SMILES string of the molecule is O=C(O)CNC(=O)COCC1CCC(COC(=O)Nc2ccc(-c3ccc(Cl)cc3)cc2)CC1. The molecule has 1 aliphatic carbocycles. The van der Waals surface area contributed by atoms with Crippen LogP contribution in [-0.4, -0.2) is 49.4 Å². The monoisotopic (exact) mass is 488 g/mol. The third kappa shape index (κ3) is 8.68. The molecular weight excluding hydrogens is 460 g/mol. The molecule has 182 valence electrons. The van der Waals surface area contributed by atoms with Crippen LogP contribution in [0.4, 0.5) is 10.5 Å². The summed E-state index contributed by atoms with van der Waals surface area (Å²) in [5, 5.41) is 14.2. The zero-order chi connectivity index (χ0) is 24.3. The van der Waals surface area contributed by atoms with Gasteiger partial charge in [0.25, 0.3) is 0 Å². The Bertz CT molecular complexity index is 956. The number of nitrogens with one attached hydrogen (secondary N) is 2. The average molecular weight is 489 g/mol. The highest BCUT2D eigenvalue weighted by atomic mass is 35.5. The molecule has 8 nitrogen and oxygen atoms in total. The van der Waals surface area contributed by atoms with Crippen LogP contribution >= 0.6 is 11.6 Å². The molecule has 0 spiro atoms. The Morgan fingerprint density at radius 3 is 2.03 bits per heavy atom. The molecule has 0 aliphatic heterocycles. The van der Waals surface area contributed by atoms with E-state index < -0.39 is 24.5 Å². The first-order valence-corrected chi connectivity index (χ1v) is 11.6. The Balaban J connectivity index is 1.30. The molecule has 2 aromatic carbocycles. The maximum atomic E-state index is 12.2. The Morgan fingerprint density at radius 2 is 1.44 bits per heavy atom. The van der Waals surface area contributed by atoms with Crippen LogP contribution in [0.2, 0.25) is 5.02 Å². The molecule has 0 radical (unpaired) electrons. The van der Waals surface area contributed by atoms with Gasteiger partial charge in [-0.2, -0.15) is 0 Å². The second-order valence-electron chi connectivity index (χ2n) is 8.38. The van der Waals surface area contributed by atoms with Crippen LogP contribution in [0, 0.1) is 11.8 Å². The van der Waals surface area contributed by atoms with Crippen LogP contribution in [0.15, 0.2) is 48.5 Å². The van der Waals surface area contributed by atoms with E-state index in [0.29, 0.717) is 35.8 Å². The zero-order valence-corrected chi connectivity index (χ0v) is 19.6. The molecule has 9 heteroatoms. The number of ether oxygens (including phenoxy) is 2. The van der Waals surface area contributed by atoms with Crippen LogP contribution in [0.3, 0.4) is 0 Å². The molecule has 0 bridgehead atoms. The van der Waals surface area contributed by atoms with Crippen molar-refractivity contribution in [1.82, 2.24) is 5.32 Å². The number of carboxylic acids is 1. The Labute approximate surface area is 203 Å². The molecule has 0 aromatic heterocycles. The zero-order valence-electron chi connectivity index (χ0n) is 18.8. The number of anilines is 1. The normalized spacial score (nSPS) is 17.6. The molecule has 2 amide bonds. The Morgan fingerprint density at radius 1 is 0.882 bits per heavy atom. The lowest BCUT2D eigenvalue weighted by molar-refractivity contribution is -0.138. The third-order valence-corrected chi connectivity index (χ3v) is 6.00. The lowest BCUT2D eigenvalue weighted by Crippen LogP contribution is -2.33. The minimum absolute atomic E-state index is 0.142. The predicted octanol–water partition coefficient (Wildman–Crippen LogP) is 4.58. The van der Waals surface area contributed by atoms with Gasteiger partial charge < -0.3 is 19.9 Å². The molecule has 1 aliphatic rings. The molecule has 0 atom stereocenters. The van der Waals surface area contributed by atoms with Crippen molar-refractivity contribution >= 4 is 35.3 Å². The van der Waals surface area contributed by atoms with Gasteiger partial charge in [-0.25, -0.2) is 4.79 Å². The molecule has 1 saturated carbocycles. The standard InChI is InChI=1S/C25H29ClN2O6/c26-21-9-5-19(6-10-21)20-7-11-22(12-8-20)28-25(32)34-15-18-3-1-17(2-4-18)14-33-16-23(29)27-13-24(30)31/h5-12,17-18H,1-4,13-16H2,(H,27,29)(H,28,32)(H,30,31). The smallest absolute Gasteiger partial charge is 0.411 e. The van der Waals surface area contributed by atoms with E-state index in [4.69, 9.17) is 26.2 Å². The van der Waals surface area contributed by atoms with E-state index in [-0.39, 0.29) is 6.61 Å². The van der Waals surface area contributed by atoms with Gasteiger partial charge in [-0.3, -0.25) is 14.9 Å². The summed E-state index contributed by atoms with van der Waals surface area (Å²) < 4.78 is 10.8. The first-order valence-electron chi connectivity index (χ1n) is 11.2. The average Bonchev–Trinajstić information content (AvgIpc) is 2.83. The first kappa shape index (κ1) is 25.5. The molecular formula is C25H29ClN2O6. The quantitative estimate of drug-likeness (QED) is 0.451. The van der Waals surface area contributed by atoms with E-state index in [1.54, 1.807) is 0 Å². The summed E-state index contributed by atoms with van der Waals surface area (Å²) in [5.41, 5.74) is 2.73. The van der Waals surface area contributed by atoms with Gasteiger partial charge >= 0.3 is 12.1 Å². The first-order chi connectivity index (χ1) is 16.4. The van der Waals surface area contributed by atoms with Gasteiger partial charge in [0, 0.05) is 10.7 Å². The van der Waals surface area contributed by atoms with Crippen LogP contribution in [0.1, 0.15) is 25.7 Å². The fourth-order valence-electron chi connectivity index (χ4n) is 3.84. The summed E-state index contributed by atoms with van der Waals surface area (Å²) in [6.07, 6.45) is 3.22. The molecule has 0 unspecified atom stereocenters. The van der Waals surface area contributed by atoms with E-state index in [0.717, 1.165) is 36.8 Å². The van der Waals surface area contributed by atoms with E-state index in [9.17, 15) is 14.4 Å². The van der Waals surface area contributed by atoms with Crippen molar-refractivity contribution in [3.8, 4) is 11.1 Å². The molecule has 1 fully saturated rings. The second kappa shape index (κ2) is 13.0. The number of amides is 2. The number of rotatable bonds is 10. The van der Waals surface area contributed by atoms with E-state index in [1.165, 1.54) is 0 Å². The van der Waals surface area contributed by atoms with E-state index >= 15 is 0 Å². The molecule has 0 heterocycles. The number of carboxylic acid groups (broad SMARTS) is 1. The minimum atomic E-state index is -1.09. The van der Waals surface area contributed by atoms with E-state index in [1.807, 2.05) is 48.5 Å². The summed E-state index contributed by atoms with van der Waals surface area (Å²) in [7, 11) is 0. The van der Waals surface area contributed by atoms with Crippen LogP contribution in [0.25, 0.3) is 11.1 Å². The van der Waals surface area contributed by atoms with Gasteiger partial charge in [-0.1, -0.05) is 35.9 Å². The van der Waals surface area contributed by atoms with Crippen LogP contribution in [0.5, 0.6) is 0 Å². The number of hydrogen-bond donors (Lipinski definition) is 3. The lowest BCUT2D eigenvalue weighted by Gasteiger charge is -2.27. The highest BCUT2D eigenvalue weighted by molar-refractivity contribution is 6.30. The predicted molar refractivity (Wildman–Crippen MR) is 129 cm³/mol. The van der Waals surface area contributed by atoms with E-state index in [2.05, 4.69) is 10.6 Å². The summed E-state index contributed by atoms with van der Waals surface area (Å²) in [4.78, 5) is 34.0. The van der Waals surface area contributed by atoms with Crippen molar-refractivity contribution in [1.29, 1.82) is 0 Å². The van der Waals surface area contributed by atoms with Crippen molar-refractivity contribution in [2.45, 2.75) is 25.7 Å². The van der Waals surface area contributed by atoms with Crippen LogP contribution < -0.4 is 10.6 Å². The second-order valence-corrected chi connectivity index (χ2v) is 8.82. The molecule has 34 heavy (non-hydrogen) atoms. The summed E-state index contributed by atoms with van der Waals surface area (Å²) >= 11 is 5.93. The number of benzene rings is 2. The maximum Gasteiger partial charge on any atom is 0.411 e. The van der Waals surface area contributed by atoms with Gasteiger partial charge in [0.1, 0.15) is 13.2 Å². The summed E-state index contributed by atoms with van der Waals surface area (Å²) in [6, 6.07) is 15.1. The summed E-state index contributed by atoms with van der Waals surface area (Å²) in [5.74, 6) is -0.880. The van der Waals surface area contributed by atoms with Gasteiger partial charge in [0.05, 0.1) is 13.2 Å². The fourth-order valence-corrected chi connectivity index (χ4v) is 3.97. The summed E-state index contributed by atoms with van der Waals surface area (Å²) in [6.45, 7) is 0.271. The Kier molecular flexibility index (Phi) is 9.73. The molecule has 3 N–H and O–H groups in total. The van der Waals surface area contributed by atoms with Crippen molar-refractivity contribution < 1.29 is 29.0 Å². The van der Waals surface area contributed by atoms with Gasteiger partial charge in [0.15, 0.2) is 0 Å². The van der Waals surface area contributed by atoms with Crippen molar-refractivity contribution in [2.75, 3.05) is 31.7 Å². The Hall–Kier alpha value is -3.10. The lowest BCUT2D eigenvalue weighted by atomic mass is 9.83. The highest BCUT2D eigenvalue weighted by Crippen LogP contribution is 2.29. The maximum absolute atomic E-state index is 12.2. The minimum Gasteiger partial charge on any atom is -0.480 e. The van der Waals surface area contributed by atoms with Gasteiger partial charge in [0.2, 0.25) is 5.91 Å². The van der Waals surface area contributed by atoms with Gasteiger partial charge in [-0.05, 0) is 72.9 Å². The highest BCUT2D eigenvalue weighted by Gasteiger charge is 2.23. The number of aliphatic carboxylic acids is 1. The van der Waals surface area contributed by atoms with Crippen molar-refractivity contribution in [3.63, 3.8) is 0 Å². The topological polar surface area (TPSA) is 114 Å². The number of carbonyl (C=O) groups excluding carboxylic acids is 2. The number of carbonyl (C=O) groups is 3. The van der Waals surface area contributed by atoms with Gasteiger partial charge in [-0.15, -0.1) is 0 Å². The number of halogens is 1. The van der Waals surface area contributed by atoms with Crippen molar-refractivity contribution in [2.24, 2.45) is 11.8 Å². The molecule has 2 aromatic rings. The fraction of sp³-hybridized carbons (Fsp3) is 0.400. The largest absolute Gasteiger partial charge is 0.480 e. The molecule has 3 rings (SSSR count). The third-order valence-electron chi connectivity index (χ3n) is 5.75. The number of hydrogen-bond acceptors (Lipinski definition) is 5.